The Morgan fingerprint density at radius 2 is 2.00 bits per heavy atom. The molecule has 0 aliphatic rings. The van der Waals surface area contributed by atoms with E-state index in [0.29, 0.717) is 0 Å². The largest absolute Gasteiger partial charge is 0.224 e. The van der Waals surface area contributed by atoms with Gasteiger partial charge in [-0.05, 0) is 19.4 Å². The molecule has 0 heterocycles. The molecule has 0 rings (SSSR count). The molecule has 2 heteroatoms. The van der Waals surface area contributed by atoms with E-state index in [9.17, 15) is 0 Å². The van der Waals surface area contributed by atoms with Crippen molar-refractivity contribution < 1.29 is 4.74 Å². The molecular weight excluding hydrogens is 176 g/mol. The van der Waals surface area contributed by atoms with Gasteiger partial charge in [-0.25, -0.2) is 0 Å². The van der Waals surface area contributed by atoms with Crippen molar-refractivity contribution in [2.75, 3.05) is 0 Å². The van der Waals surface area contributed by atoms with Gasteiger partial charge in [0.2, 0.25) is 6.61 Å². The maximum Gasteiger partial charge on any atom is 0.224 e. The first-order chi connectivity index (χ1) is 5.85. The molecule has 0 amide bonds. The van der Waals surface area contributed by atoms with Crippen molar-refractivity contribution in [3.8, 4) is 0 Å². The molecule has 0 fully saturated rings. The highest BCUT2D eigenvalue weighted by atomic mass is 28.3. The summed E-state index contributed by atoms with van der Waals surface area (Å²) in [5, 5.41) is 0. The van der Waals surface area contributed by atoms with Crippen molar-refractivity contribution in [2.24, 2.45) is 0 Å². The van der Waals surface area contributed by atoms with Crippen LogP contribution in [0, 0.1) is 6.61 Å². The predicted molar refractivity (Wildman–Crippen MR) is 62.4 cm³/mol. The Bertz CT molecular complexity index is 158. The van der Waals surface area contributed by atoms with Crippen LogP contribution < -0.4 is 0 Å². The van der Waals surface area contributed by atoms with E-state index in [4.69, 9.17) is 4.74 Å². The highest BCUT2D eigenvalue weighted by Gasteiger charge is 2.16. The Morgan fingerprint density at radius 3 is 2.38 bits per heavy atom. The first kappa shape index (κ1) is 12.8. The van der Waals surface area contributed by atoms with Crippen LogP contribution in [0.2, 0.25) is 25.7 Å². The lowest BCUT2D eigenvalue weighted by atomic mass is 10.2. The molecule has 0 spiro atoms. The molecule has 0 saturated carbocycles. The molecule has 0 aliphatic heterocycles. The second-order valence-corrected chi connectivity index (χ2v) is 10.3. The van der Waals surface area contributed by atoms with Crippen molar-refractivity contribution in [1.29, 1.82) is 0 Å². The Balaban J connectivity index is 3.74. The minimum absolute atomic E-state index is 0.286. The van der Waals surface area contributed by atoms with E-state index in [2.05, 4.69) is 33.1 Å². The van der Waals surface area contributed by atoms with Gasteiger partial charge in [0, 0.05) is 8.07 Å². The Morgan fingerprint density at radius 1 is 1.46 bits per heavy atom. The second-order valence-electron chi connectivity index (χ2n) is 4.87. The van der Waals surface area contributed by atoms with E-state index in [0.717, 1.165) is 6.42 Å². The number of hydrogen-bond acceptors (Lipinski definition) is 1. The molecule has 1 atom stereocenters. The van der Waals surface area contributed by atoms with Gasteiger partial charge in [-0.2, -0.15) is 4.74 Å². The monoisotopic (exact) mass is 199 g/mol. The minimum Gasteiger partial charge on any atom is -0.194 e. The van der Waals surface area contributed by atoms with Crippen molar-refractivity contribution in [3.63, 3.8) is 0 Å². The van der Waals surface area contributed by atoms with E-state index < -0.39 is 8.07 Å². The zero-order valence-electron chi connectivity index (χ0n) is 9.68. The van der Waals surface area contributed by atoms with Crippen LogP contribution >= 0.6 is 0 Å². The third-order valence-electron chi connectivity index (χ3n) is 1.72. The smallest absolute Gasteiger partial charge is 0.194 e. The molecule has 0 saturated heterocycles. The lowest BCUT2D eigenvalue weighted by Gasteiger charge is -2.18. The molecule has 0 bridgehead atoms. The summed E-state index contributed by atoms with van der Waals surface area (Å²) in [5.41, 5.74) is 1.34. The van der Waals surface area contributed by atoms with Gasteiger partial charge in [-0.3, -0.25) is 0 Å². The molecule has 0 radical (unpaired) electrons. The normalized spacial score (nSPS) is 13.9. The quantitative estimate of drug-likeness (QED) is 0.358. The first-order valence-electron chi connectivity index (χ1n) is 4.95. The van der Waals surface area contributed by atoms with E-state index in [1.165, 1.54) is 11.6 Å². The van der Waals surface area contributed by atoms with Gasteiger partial charge in [-0.15, -0.1) is 6.58 Å². The van der Waals surface area contributed by atoms with Gasteiger partial charge in [0.05, 0.1) is 0 Å². The zero-order chi connectivity index (χ0) is 10.5. The maximum atomic E-state index is 5.36. The van der Waals surface area contributed by atoms with Gasteiger partial charge in [0.25, 0.3) is 0 Å². The number of ether oxygens (including phenoxy) is 1. The highest BCUT2D eigenvalue weighted by Crippen LogP contribution is 2.19. The standard InChI is InChI=1S/C11H23OSi/c1-7-12-11(3)8-10(2)9-13(4,5)6/h7,11H,2,8-9H2,1,3-6H3/q+1/t11-/m0/s1. The summed E-state index contributed by atoms with van der Waals surface area (Å²) >= 11 is 0. The van der Waals surface area contributed by atoms with Gasteiger partial charge in [-0.1, -0.05) is 25.2 Å². The van der Waals surface area contributed by atoms with Crippen LogP contribution in [0.1, 0.15) is 20.3 Å². The fourth-order valence-corrected chi connectivity index (χ4v) is 3.15. The Kier molecular flexibility index (Phi) is 5.41. The van der Waals surface area contributed by atoms with Gasteiger partial charge >= 0.3 is 0 Å². The molecule has 1 nitrogen and oxygen atoms in total. The van der Waals surface area contributed by atoms with Crippen LogP contribution in [-0.4, -0.2) is 14.2 Å². The van der Waals surface area contributed by atoms with Crippen LogP contribution in [-0.2, 0) is 4.74 Å². The van der Waals surface area contributed by atoms with Gasteiger partial charge in [0.15, 0.2) is 0 Å². The molecule has 76 valence electrons. The number of rotatable bonds is 6. The van der Waals surface area contributed by atoms with Crippen LogP contribution in [0.3, 0.4) is 0 Å². The summed E-state index contributed by atoms with van der Waals surface area (Å²) < 4.78 is 5.36. The summed E-state index contributed by atoms with van der Waals surface area (Å²) in [4.78, 5) is 0. The van der Waals surface area contributed by atoms with E-state index >= 15 is 0 Å². The van der Waals surface area contributed by atoms with Crippen molar-refractivity contribution in [3.05, 3.63) is 18.8 Å². The lowest BCUT2D eigenvalue weighted by molar-refractivity contribution is 0.125. The average molecular weight is 199 g/mol. The lowest BCUT2D eigenvalue weighted by Crippen LogP contribution is -2.21. The molecule has 0 aromatic carbocycles. The summed E-state index contributed by atoms with van der Waals surface area (Å²) in [7, 11) is -0.975. The third kappa shape index (κ3) is 8.13. The molecule has 0 aliphatic carbocycles. The molecule has 13 heavy (non-hydrogen) atoms. The Labute approximate surface area is 84.2 Å². The van der Waals surface area contributed by atoms with Gasteiger partial charge in [0.1, 0.15) is 13.0 Å². The van der Waals surface area contributed by atoms with Crippen LogP contribution in [0.15, 0.2) is 12.2 Å². The molecular formula is C11H23OSi+. The topological polar surface area (TPSA) is 9.23 Å². The first-order valence-corrected chi connectivity index (χ1v) is 8.66. The van der Waals surface area contributed by atoms with E-state index in [1.807, 2.05) is 6.92 Å². The summed E-state index contributed by atoms with van der Waals surface area (Å²) in [5.74, 6) is 0. The minimum atomic E-state index is -0.975. The average Bonchev–Trinajstić information content (AvgIpc) is 1.81. The highest BCUT2D eigenvalue weighted by molar-refractivity contribution is 6.76. The molecule has 0 N–H and O–H groups in total. The molecule has 0 unspecified atom stereocenters. The predicted octanol–water partition coefficient (Wildman–Crippen LogP) is 3.86. The molecule has 0 aromatic heterocycles. The third-order valence-corrected chi connectivity index (χ3v) is 3.29. The van der Waals surface area contributed by atoms with Crippen molar-refractivity contribution in [2.45, 2.75) is 52.1 Å². The Hall–Kier alpha value is -0.213. The second kappa shape index (κ2) is 5.50. The van der Waals surface area contributed by atoms with Crippen molar-refractivity contribution >= 4 is 8.07 Å². The van der Waals surface area contributed by atoms with E-state index in [1.54, 1.807) is 6.61 Å². The summed E-state index contributed by atoms with van der Waals surface area (Å²) in [6.45, 7) is 17.0. The van der Waals surface area contributed by atoms with Crippen LogP contribution in [0.25, 0.3) is 0 Å². The van der Waals surface area contributed by atoms with Gasteiger partial charge < -0.3 is 0 Å². The molecule has 0 aromatic rings. The van der Waals surface area contributed by atoms with Crippen LogP contribution in [0.5, 0.6) is 0 Å². The van der Waals surface area contributed by atoms with Crippen molar-refractivity contribution in [1.82, 2.24) is 0 Å². The maximum absolute atomic E-state index is 5.36. The fourth-order valence-electron chi connectivity index (χ4n) is 1.51. The zero-order valence-corrected chi connectivity index (χ0v) is 10.7. The number of hydrogen-bond donors (Lipinski definition) is 0. The van der Waals surface area contributed by atoms with Crippen LogP contribution in [0.4, 0.5) is 0 Å². The summed E-state index contributed by atoms with van der Waals surface area (Å²) in [6, 6.07) is 1.21. The fraction of sp³-hybridized carbons (Fsp3) is 0.727. The van der Waals surface area contributed by atoms with E-state index in [-0.39, 0.29) is 6.10 Å². The summed E-state index contributed by atoms with van der Waals surface area (Å²) in [6.07, 6.45) is 1.28. The SMILES string of the molecule is C=C(C[C@H](C)O[CH+]C)C[Si](C)(C)C.